The number of methoxy groups -OCH3 is 1. The molecule has 5 nitrogen and oxygen atoms in total. The van der Waals surface area contributed by atoms with Crippen molar-refractivity contribution in [3.8, 4) is 5.75 Å². The summed E-state index contributed by atoms with van der Waals surface area (Å²) in [6, 6.07) is 5.25. The van der Waals surface area contributed by atoms with Gasteiger partial charge in [0, 0.05) is 5.69 Å². The molecule has 1 aromatic carbocycles. The first-order valence-corrected chi connectivity index (χ1v) is 6.53. The number of rotatable bonds is 4. The summed E-state index contributed by atoms with van der Waals surface area (Å²) in [5.41, 5.74) is 5.83. The molecule has 1 aliphatic carbocycles. The van der Waals surface area contributed by atoms with Crippen molar-refractivity contribution in [3.63, 3.8) is 0 Å². The summed E-state index contributed by atoms with van der Waals surface area (Å²) in [4.78, 5) is 4.14. The van der Waals surface area contributed by atoms with Crippen molar-refractivity contribution < 1.29 is 9.84 Å². The van der Waals surface area contributed by atoms with Gasteiger partial charge in [0.1, 0.15) is 5.75 Å². The smallest absolute Gasteiger partial charge is 0.193 e. The molecule has 2 rings (SSSR count). The molecule has 0 radical (unpaired) electrons. The van der Waals surface area contributed by atoms with E-state index < -0.39 is 5.60 Å². The first-order valence-electron chi connectivity index (χ1n) is 6.15. The topological polar surface area (TPSA) is 79.9 Å². The molecule has 20 heavy (non-hydrogen) atoms. The van der Waals surface area contributed by atoms with Gasteiger partial charge in [0.05, 0.1) is 24.3 Å². The maximum atomic E-state index is 9.91. The van der Waals surface area contributed by atoms with E-state index in [0.29, 0.717) is 17.3 Å². The van der Waals surface area contributed by atoms with Gasteiger partial charge >= 0.3 is 0 Å². The molecule has 1 fully saturated rings. The van der Waals surface area contributed by atoms with Crippen molar-refractivity contribution in [3.05, 3.63) is 23.2 Å². The van der Waals surface area contributed by atoms with Crippen molar-refractivity contribution in [2.24, 2.45) is 10.7 Å². The average Bonchev–Trinajstić information content (AvgIpc) is 2.34. The van der Waals surface area contributed by atoms with Crippen LogP contribution < -0.4 is 15.8 Å². The van der Waals surface area contributed by atoms with Gasteiger partial charge < -0.3 is 20.9 Å². The molecule has 4 N–H and O–H groups in total. The lowest BCUT2D eigenvalue weighted by Gasteiger charge is -2.34. The van der Waals surface area contributed by atoms with E-state index in [1.165, 1.54) is 0 Å². The molecule has 0 aromatic heterocycles. The third-order valence-corrected chi connectivity index (χ3v) is 3.55. The first-order chi connectivity index (χ1) is 9.02. The van der Waals surface area contributed by atoms with E-state index in [1.54, 1.807) is 25.3 Å². The molecule has 0 saturated heterocycles. The maximum Gasteiger partial charge on any atom is 0.193 e. The monoisotopic (exact) mass is 411 g/mol. The van der Waals surface area contributed by atoms with Gasteiger partial charge in [-0.05, 0) is 37.5 Å². The fourth-order valence-electron chi connectivity index (χ4n) is 1.91. The van der Waals surface area contributed by atoms with E-state index in [4.69, 9.17) is 22.1 Å². The molecule has 0 unspecified atom stereocenters. The van der Waals surface area contributed by atoms with Crippen molar-refractivity contribution in [1.29, 1.82) is 0 Å². The highest BCUT2D eigenvalue weighted by Gasteiger charge is 2.33. The number of benzene rings is 1. The van der Waals surface area contributed by atoms with Gasteiger partial charge in [-0.15, -0.1) is 24.0 Å². The van der Waals surface area contributed by atoms with E-state index in [-0.39, 0.29) is 29.9 Å². The summed E-state index contributed by atoms with van der Waals surface area (Å²) >= 11 is 6.01. The molecule has 1 aromatic rings. The van der Waals surface area contributed by atoms with Crippen LogP contribution in [0.5, 0.6) is 5.75 Å². The zero-order valence-corrected chi connectivity index (χ0v) is 14.3. The van der Waals surface area contributed by atoms with E-state index >= 15 is 0 Å². The van der Waals surface area contributed by atoms with Crippen LogP contribution in [0.2, 0.25) is 5.02 Å². The van der Waals surface area contributed by atoms with E-state index in [2.05, 4.69) is 10.3 Å². The van der Waals surface area contributed by atoms with Crippen molar-refractivity contribution in [2.45, 2.75) is 24.9 Å². The molecule has 0 heterocycles. The Morgan fingerprint density at radius 3 is 2.75 bits per heavy atom. The Bertz CT molecular complexity index is 493. The number of ether oxygens (including phenoxy) is 1. The van der Waals surface area contributed by atoms with Gasteiger partial charge in [-0.1, -0.05) is 11.6 Å². The number of nitrogens with zero attached hydrogens (tertiary/aromatic N) is 1. The molecule has 0 aliphatic heterocycles. The van der Waals surface area contributed by atoms with Crippen LogP contribution >= 0.6 is 35.6 Å². The summed E-state index contributed by atoms with van der Waals surface area (Å²) in [6.07, 6.45) is 2.63. The van der Waals surface area contributed by atoms with E-state index in [9.17, 15) is 5.11 Å². The van der Waals surface area contributed by atoms with Crippen LogP contribution in [-0.2, 0) is 0 Å². The Labute approximate surface area is 140 Å². The number of nitrogens with two attached hydrogens (primary N) is 1. The quantitative estimate of drug-likeness (QED) is 0.404. The molecule has 0 spiro atoms. The first kappa shape index (κ1) is 17.3. The van der Waals surface area contributed by atoms with Crippen LogP contribution in [0.4, 0.5) is 5.69 Å². The number of hydrogen-bond acceptors (Lipinski definition) is 3. The predicted octanol–water partition coefficient (Wildman–Crippen LogP) is 2.61. The Balaban J connectivity index is 0.00000200. The average molecular weight is 412 g/mol. The van der Waals surface area contributed by atoms with Crippen LogP contribution in [-0.4, -0.2) is 30.3 Å². The van der Waals surface area contributed by atoms with Crippen LogP contribution in [0.3, 0.4) is 0 Å². The molecule has 112 valence electrons. The third kappa shape index (κ3) is 4.39. The number of hydrogen-bond donors (Lipinski definition) is 3. The van der Waals surface area contributed by atoms with Crippen LogP contribution in [0.1, 0.15) is 19.3 Å². The van der Waals surface area contributed by atoms with Gasteiger partial charge in [-0.3, -0.25) is 4.99 Å². The Hall–Kier alpha value is -0.730. The van der Waals surface area contributed by atoms with Gasteiger partial charge in [-0.25, -0.2) is 0 Å². The van der Waals surface area contributed by atoms with Gasteiger partial charge in [-0.2, -0.15) is 0 Å². The second kappa shape index (κ2) is 7.33. The highest BCUT2D eigenvalue weighted by molar-refractivity contribution is 14.0. The summed E-state index contributed by atoms with van der Waals surface area (Å²) in [5.74, 6) is 0.869. The van der Waals surface area contributed by atoms with Crippen LogP contribution in [0, 0.1) is 0 Å². The number of guanidine groups is 1. The zero-order valence-electron chi connectivity index (χ0n) is 11.2. The normalized spacial score (nSPS) is 16.9. The summed E-state index contributed by atoms with van der Waals surface area (Å²) in [7, 11) is 1.56. The van der Waals surface area contributed by atoms with E-state index in [0.717, 1.165) is 24.9 Å². The van der Waals surface area contributed by atoms with Crippen molar-refractivity contribution >= 4 is 47.2 Å². The van der Waals surface area contributed by atoms with Gasteiger partial charge in [0.25, 0.3) is 0 Å². The molecule has 0 bridgehead atoms. The van der Waals surface area contributed by atoms with E-state index in [1.807, 2.05) is 0 Å². The minimum atomic E-state index is -0.663. The molecular weight excluding hydrogens is 393 g/mol. The lowest BCUT2D eigenvalue weighted by Crippen LogP contribution is -2.41. The van der Waals surface area contributed by atoms with Crippen LogP contribution in [0.15, 0.2) is 23.2 Å². The Kier molecular flexibility index (Phi) is 6.35. The minimum Gasteiger partial charge on any atom is -0.495 e. The lowest BCUT2D eigenvalue weighted by atomic mass is 9.80. The number of nitrogens with one attached hydrogen (secondary N) is 1. The molecule has 7 heteroatoms. The fraction of sp³-hybridized carbons (Fsp3) is 0.462. The molecule has 1 aliphatic rings. The van der Waals surface area contributed by atoms with Crippen LogP contribution in [0.25, 0.3) is 0 Å². The molecule has 0 atom stereocenters. The number of halogens is 2. The molecular formula is C13H19ClIN3O2. The number of aliphatic hydroxyl groups is 1. The summed E-state index contributed by atoms with van der Waals surface area (Å²) < 4.78 is 5.07. The number of aliphatic imine (C=N–C) groups is 1. The zero-order chi connectivity index (χ0) is 13.9. The highest BCUT2D eigenvalue weighted by atomic mass is 127. The minimum absolute atomic E-state index is 0. The largest absolute Gasteiger partial charge is 0.495 e. The van der Waals surface area contributed by atoms with Gasteiger partial charge in [0.2, 0.25) is 0 Å². The third-order valence-electron chi connectivity index (χ3n) is 3.25. The lowest BCUT2D eigenvalue weighted by molar-refractivity contribution is -0.0235. The SMILES string of the molecule is COc1ccc(NC(N)=NCC2(O)CCC2)cc1Cl.I. The second-order valence-corrected chi connectivity index (χ2v) is 5.16. The molecule has 1 saturated carbocycles. The maximum absolute atomic E-state index is 9.91. The van der Waals surface area contributed by atoms with Gasteiger partial charge in [0.15, 0.2) is 5.96 Å². The Morgan fingerprint density at radius 2 is 2.25 bits per heavy atom. The summed E-state index contributed by atoms with van der Waals surface area (Å²) in [5, 5.41) is 13.3. The highest BCUT2D eigenvalue weighted by Crippen LogP contribution is 2.31. The fourth-order valence-corrected chi connectivity index (χ4v) is 2.16. The van der Waals surface area contributed by atoms with Crippen molar-refractivity contribution in [1.82, 2.24) is 0 Å². The Morgan fingerprint density at radius 1 is 1.55 bits per heavy atom. The standard InChI is InChI=1S/C13H18ClN3O2.HI/c1-19-11-4-3-9(7-10(11)14)17-12(15)16-8-13(18)5-2-6-13;/h3-4,7,18H,2,5-6,8H2,1H3,(H3,15,16,17);1H. The second-order valence-electron chi connectivity index (χ2n) is 4.75. The number of anilines is 1. The van der Waals surface area contributed by atoms with Crippen molar-refractivity contribution in [2.75, 3.05) is 19.0 Å². The molecule has 0 amide bonds. The summed E-state index contributed by atoms with van der Waals surface area (Å²) in [6.45, 7) is 0.329. The predicted molar refractivity (Wildman–Crippen MR) is 92.3 cm³/mol.